The molecule has 1 N–H and O–H groups in total. The van der Waals surface area contributed by atoms with Gasteiger partial charge in [-0.3, -0.25) is 4.79 Å². The molecule has 0 unspecified atom stereocenters. The second-order valence-corrected chi connectivity index (χ2v) is 9.70. The van der Waals surface area contributed by atoms with Crippen LogP contribution in [0.15, 0.2) is 72.1 Å². The van der Waals surface area contributed by atoms with Crippen molar-refractivity contribution >= 4 is 29.0 Å². The predicted molar refractivity (Wildman–Crippen MR) is 134 cm³/mol. The summed E-state index contributed by atoms with van der Waals surface area (Å²) in [5.74, 6) is -0.424. The van der Waals surface area contributed by atoms with Gasteiger partial charge in [-0.05, 0) is 54.1 Å². The van der Waals surface area contributed by atoms with E-state index in [0.717, 1.165) is 42.5 Å². The lowest BCUT2D eigenvalue weighted by atomic mass is 9.94. The molecule has 4 rings (SSSR count). The zero-order valence-electron chi connectivity index (χ0n) is 19.2. The van der Waals surface area contributed by atoms with Gasteiger partial charge in [0.15, 0.2) is 0 Å². The van der Waals surface area contributed by atoms with Crippen LogP contribution in [-0.2, 0) is 17.9 Å². The molecule has 3 aromatic rings. The summed E-state index contributed by atoms with van der Waals surface area (Å²) < 4.78 is 13.4. The summed E-state index contributed by atoms with van der Waals surface area (Å²) in [5.41, 5.74) is 1.56. The van der Waals surface area contributed by atoms with Crippen molar-refractivity contribution in [2.75, 3.05) is 11.9 Å². The maximum atomic E-state index is 13.6. The van der Waals surface area contributed by atoms with Gasteiger partial charge in [0.1, 0.15) is 12.4 Å². The molecule has 0 spiro atoms. The number of rotatable bonds is 8. The Bertz CT molecular complexity index is 1050. The first-order valence-electron chi connectivity index (χ1n) is 11.8. The van der Waals surface area contributed by atoms with Crippen LogP contribution >= 0.6 is 11.3 Å². The van der Waals surface area contributed by atoms with Crippen LogP contribution in [0.25, 0.3) is 0 Å². The third-order valence-electron chi connectivity index (χ3n) is 6.17. The highest BCUT2D eigenvalue weighted by Gasteiger charge is 2.29. The van der Waals surface area contributed by atoms with E-state index < -0.39 is 0 Å². The lowest BCUT2D eigenvalue weighted by Gasteiger charge is -2.35. The fourth-order valence-corrected chi connectivity index (χ4v) is 5.07. The van der Waals surface area contributed by atoms with Gasteiger partial charge < -0.3 is 15.1 Å². The summed E-state index contributed by atoms with van der Waals surface area (Å²) in [4.78, 5) is 31.4. The van der Waals surface area contributed by atoms with E-state index in [1.807, 2.05) is 47.8 Å². The van der Waals surface area contributed by atoms with Gasteiger partial charge in [-0.25, -0.2) is 9.18 Å². The largest absolute Gasteiger partial charge is 0.332 e. The molecule has 1 aliphatic rings. The minimum atomic E-state index is -0.305. The Kier molecular flexibility index (Phi) is 8.31. The number of hydrogen-bond donors (Lipinski definition) is 1. The zero-order valence-corrected chi connectivity index (χ0v) is 20.0. The number of nitrogens with zero attached hydrogens (tertiary/aromatic N) is 2. The van der Waals surface area contributed by atoms with Crippen LogP contribution in [0.3, 0.4) is 0 Å². The third kappa shape index (κ3) is 6.67. The number of carbonyl (C=O) groups excluding carboxylic acids is 2. The number of anilines is 1. The minimum absolute atomic E-state index is 0.00982. The van der Waals surface area contributed by atoms with E-state index in [1.54, 1.807) is 33.3 Å². The maximum absolute atomic E-state index is 13.6. The predicted octanol–water partition coefficient (Wildman–Crippen LogP) is 6.28. The van der Waals surface area contributed by atoms with Gasteiger partial charge in [0.25, 0.3) is 0 Å². The molecule has 0 atom stereocenters. The summed E-state index contributed by atoms with van der Waals surface area (Å²) in [5, 5.41) is 4.95. The molecule has 1 aliphatic carbocycles. The monoisotopic (exact) mass is 479 g/mol. The van der Waals surface area contributed by atoms with E-state index in [2.05, 4.69) is 5.32 Å². The van der Waals surface area contributed by atoms with Crippen LogP contribution in [-0.4, -0.2) is 34.3 Å². The number of carbonyl (C=O) groups is 2. The number of para-hydroxylation sites is 1. The van der Waals surface area contributed by atoms with Crippen molar-refractivity contribution < 1.29 is 14.0 Å². The standard InChI is InChI=1S/C27H30FN3O2S/c28-22-15-13-21(14-16-22)18-30(19-25-12-7-17-34-25)26(32)20-31(24-10-5-2-6-11-24)27(33)29-23-8-3-1-4-9-23/h1,3-4,7-9,12-17,24H,2,5-6,10-11,18-20H2,(H,29,33). The highest BCUT2D eigenvalue weighted by Crippen LogP contribution is 2.24. The molecular formula is C27H30FN3O2S. The summed E-state index contributed by atoms with van der Waals surface area (Å²) >= 11 is 1.59. The highest BCUT2D eigenvalue weighted by molar-refractivity contribution is 7.09. The van der Waals surface area contributed by atoms with Crippen LogP contribution in [0.1, 0.15) is 42.5 Å². The number of nitrogens with one attached hydrogen (secondary N) is 1. The van der Waals surface area contributed by atoms with Crippen LogP contribution < -0.4 is 5.32 Å². The van der Waals surface area contributed by atoms with E-state index in [4.69, 9.17) is 0 Å². The third-order valence-corrected chi connectivity index (χ3v) is 7.03. The van der Waals surface area contributed by atoms with Gasteiger partial charge in [0.2, 0.25) is 5.91 Å². The molecule has 34 heavy (non-hydrogen) atoms. The van der Waals surface area contributed by atoms with Gasteiger partial charge >= 0.3 is 6.03 Å². The number of thiophene rings is 1. The topological polar surface area (TPSA) is 52.7 Å². The molecule has 2 aromatic carbocycles. The van der Waals surface area contributed by atoms with Gasteiger partial charge in [0.05, 0.1) is 6.54 Å². The number of amides is 3. The average molecular weight is 480 g/mol. The van der Waals surface area contributed by atoms with Gasteiger partial charge in [0, 0.05) is 23.2 Å². The Hall–Kier alpha value is -3.19. The molecule has 178 valence electrons. The lowest BCUT2D eigenvalue weighted by molar-refractivity contribution is -0.133. The van der Waals surface area contributed by atoms with E-state index in [1.165, 1.54) is 12.1 Å². The number of hydrogen-bond acceptors (Lipinski definition) is 3. The average Bonchev–Trinajstić information content (AvgIpc) is 3.37. The molecule has 0 bridgehead atoms. The maximum Gasteiger partial charge on any atom is 0.322 e. The smallest absolute Gasteiger partial charge is 0.322 e. The fourth-order valence-electron chi connectivity index (χ4n) is 4.36. The van der Waals surface area contributed by atoms with Crippen LogP contribution in [0, 0.1) is 5.82 Å². The van der Waals surface area contributed by atoms with E-state index >= 15 is 0 Å². The molecule has 0 aliphatic heterocycles. The van der Waals surface area contributed by atoms with Crippen molar-refractivity contribution in [1.82, 2.24) is 9.80 Å². The molecule has 0 radical (unpaired) electrons. The van der Waals surface area contributed by atoms with Crippen molar-refractivity contribution in [3.8, 4) is 0 Å². The molecule has 1 heterocycles. The van der Waals surface area contributed by atoms with E-state index in [-0.39, 0.29) is 30.3 Å². The number of halogens is 1. The minimum Gasteiger partial charge on any atom is -0.332 e. The van der Waals surface area contributed by atoms with Crippen LogP contribution in [0.2, 0.25) is 0 Å². The van der Waals surface area contributed by atoms with Crippen molar-refractivity contribution in [2.24, 2.45) is 0 Å². The quantitative estimate of drug-likeness (QED) is 0.413. The molecule has 7 heteroatoms. The molecule has 1 aromatic heterocycles. The second-order valence-electron chi connectivity index (χ2n) is 8.67. The molecular weight excluding hydrogens is 449 g/mol. The molecule has 1 saturated carbocycles. The Morgan fingerprint density at radius 2 is 1.65 bits per heavy atom. The normalized spacial score (nSPS) is 13.9. The lowest BCUT2D eigenvalue weighted by Crippen LogP contribution is -2.49. The van der Waals surface area contributed by atoms with Crippen LogP contribution in [0.4, 0.5) is 14.9 Å². The van der Waals surface area contributed by atoms with E-state index in [0.29, 0.717) is 18.8 Å². The molecule has 3 amide bonds. The van der Waals surface area contributed by atoms with Gasteiger partial charge in [-0.15, -0.1) is 11.3 Å². The van der Waals surface area contributed by atoms with Crippen molar-refractivity contribution in [1.29, 1.82) is 0 Å². The summed E-state index contributed by atoms with van der Waals surface area (Å²) in [6.07, 6.45) is 5.08. The number of benzene rings is 2. The Morgan fingerprint density at radius 1 is 0.912 bits per heavy atom. The van der Waals surface area contributed by atoms with Gasteiger partial charge in [-0.2, -0.15) is 0 Å². The Labute approximate surface area is 204 Å². The van der Waals surface area contributed by atoms with Crippen molar-refractivity contribution in [2.45, 2.75) is 51.2 Å². The van der Waals surface area contributed by atoms with Crippen molar-refractivity contribution in [3.63, 3.8) is 0 Å². The summed E-state index contributed by atoms with van der Waals surface area (Å²) in [7, 11) is 0. The first-order chi connectivity index (χ1) is 16.6. The van der Waals surface area contributed by atoms with E-state index in [9.17, 15) is 14.0 Å². The summed E-state index contributed by atoms with van der Waals surface area (Å²) in [6.45, 7) is 0.818. The van der Waals surface area contributed by atoms with Crippen LogP contribution in [0.5, 0.6) is 0 Å². The fraction of sp³-hybridized carbons (Fsp3) is 0.333. The molecule has 0 saturated heterocycles. The highest BCUT2D eigenvalue weighted by atomic mass is 32.1. The molecule has 5 nitrogen and oxygen atoms in total. The SMILES string of the molecule is O=C(CN(C(=O)Nc1ccccc1)C1CCCCC1)N(Cc1ccc(F)cc1)Cc1cccs1. The Balaban J connectivity index is 1.52. The zero-order chi connectivity index (χ0) is 23.8. The van der Waals surface area contributed by atoms with Gasteiger partial charge in [-0.1, -0.05) is 55.7 Å². The van der Waals surface area contributed by atoms with Crippen molar-refractivity contribution in [3.05, 3.63) is 88.4 Å². The Morgan fingerprint density at radius 3 is 2.32 bits per heavy atom. The molecule has 1 fully saturated rings. The number of urea groups is 1. The second kappa shape index (κ2) is 11.8. The summed E-state index contributed by atoms with van der Waals surface area (Å²) in [6, 6.07) is 19.3. The first kappa shape index (κ1) is 24.0. The first-order valence-corrected chi connectivity index (χ1v) is 12.6.